The van der Waals surface area contributed by atoms with Gasteiger partial charge in [-0.05, 0) is 85.3 Å². The number of H-pyrrole nitrogens is 1. The molecule has 0 fully saturated rings. The summed E-state index contributed by atoms with van der Waals surface area (Å²) in [6.07, 6.45) is 1.54. The van der Waals surface area contributed by atoms with Gasteiger partial charge in [0.05, 0.1) is 6.61 Å². The standard InChI is InChI=1S/C27H38N2O5Si/c1-17(10-18-6-8-23-20(11-18)13-24(29-23)26(32)33)28-15-22(14-27(2,3)35(4,5)34)19-7-9-25(31)21(12-19)16-30/h6-9,11-13,17,22,28-31,34H,10,14-16H2,1-5H3,(H,32,33)/t17-,22+/m1/s1. The number of aromatic amines is 1. The summed E-state index contributed by atoms with van der Waals surface area (Å²) in [4.78, 5) is 25.0. The van der Waals surface area contributed by atoms with Gasteiger partial charge in [-0.3, -0.25) is 0 Å². The number of carboxylic acid groups (broad SMARTS) is 1. The van der Waals surface area contributed by atoms with E-state index in [0.717, 1.165) is 34.9 Å². The van der Waals surface area contributed by atoms with Crippen LogP contribution in [-0.2, 0) is 13.0 Å². The highest BCUT2D eigenvalue weighted by atomic mass is 28.4. The van der Waals surface area contributed by atoms with Gasteiger partial charge in [0.1, 0.15) is 11.4 Å². The number of aliphatic hydroxyl groups is 1. The molecule has 0 aliphatic heterocycles. The Morgan fingerprint density at radius 3 is 2.49 bits per heavy atom. The topological polar surface area (TPSA) is 126 Å². The Labute approximate surface area is 208 Å². The van der Waals surface area contributed by atoms with Crippen molar-refractivity contribution in [2.24, 2.45) is 0 Å². The van der Waals surface area contributed by atoms with Crippen LogP contribution in [0.2, 0.25) is 18.1 Å². The minimum Gasteiger partial charge on any atom is -0.508 e. The summed E-state index contributed by atoms with van der Waals surface area (Å²) in [6, 6.07) is 13.1. The lowest BCUT2D eigenvalue weighted by Crippen LogP contribution is -2.41. The molecule has 7 nitrogen and oxygen atoms in total. The van der Waals surface area contributed by atoms with Crippen molar-refractivity contribution in [3.05, 3.63) is 64.8 Å². The third-order valence-corrected chi connectivity index (χ3v) is 10.8. The monoisotopic (exact) mass is 498 g/mol. The number of fused-ring (bicyclic) bond motifs is 1. The molecule has 0 unspecified atom stereocenters. The van der Waals surface area contributed by atoms with E-state index in [9.17, 15) is 24.9 Å². The van der Waals surface area contributed by atoms with Gasteiger partial charge in [-0.1, -0.05) is 26.0 Å². The van der Waals surface area contributed by atoms with Crippen molar-refractivity contribution in [1.82, 2.24) is 10.3 Å². The van der Waals surface area contributed by atoms with Crippen molar-refractivity contribution in [1.29, 1.82) is 0 Å². The van der Waals surface area contributed by atoms with Crippen molar-refractivity contribution in [3.63, 3.8) is 0 Å². The predicted octanol–water partition coefficient (Wildman–Crippen LogP) is 4.74. The molecule has 0 amide bonds. The van der Waals surface area contributed by atoms with Crippen molar-refractivity contribution < 1.29 is 24.9 Å². The van der Waals surface area contributed by atoms with Gasteiger partial charge in [0.25, 0.3) is 0 Å². The van der Waals surface area contributed by atoms with E-state index in [1.165, 1.54) is 0 Å². The van der Waals surface area contributed by atoms with Gasteiger partial charge >= 0.3 is 5.97 Å². The number of hydrogen-bond donors (Lipinski definition) is 6. The van der Waals surface area contributed by atoms with Gasteiger partial charge in [-0.15, -0.1) is 0 Å². The Balaban J connectivity index is 1.76. The Bertz CT molecular complexity index is 1180. The smallest absolute Gasteiger partial charge is 0.352 e. The molecule has 0 aliphatic carbocycles. The second kappa shape index (κ2) is 10.5. The molecule has 0 radical (unpaired) electrons. The van der Waals surface area contributed by atoms with Crippen LogP contribution in [0.4, 0.5) is 0 Å². The molecule has 0 bridgehead atoms. The highest BCUT2D eigenvalue weighted by Crippen LogP contribution is 2.44. The molecule has 0 saturated heterocycles. The van der Waals surface area contributed by atoms with Crippen molar-refractivity contribution in [3.8, 4) is 5.75 Å². The van der Waals surface area contributed by atoms with Gasteiger partial charge in [-0.25, -0.2) is 4.79 Å². The van der Waals surface area contributed by atoms with Crippen LogP contribution in [0, 0.1) is 0 Å². The average Bonchev–Trinajstić information content (AvgIpc) is 3.20. The van der Waals surface area contributed by atoms with E-state index in [1.54, 1.807) is 12.1 Å². The van der Waals surface area contributed by atoms with Crippen molar-refractivity contribution in [2.45, 2.75) is 70.3 Å². The van der Waals surface area contributed by atoms with Crippen LogP contribution in [0.15, 0.2) is 42.5 Å². The van der Waals surface area contributed by atoms with Crippen molar-refractivity contribution >= 4 is 25.2 Å². The number of benzene rings is 2. The normalized spacial score (nSPS) is 14.3. The fraction of sp³-hybridized carbons (Fsp3) is 0.444. The first kappa shape index (κ1) is 26.9. The molecular formula is C27H38N2O5Si. The molecule has 1 heterocycles. The van der Waals surface area contributed by atoms with Gasteiger partial charge in [0.2, 0.25) is 0 Å². The summed E-state index contributed by atoms with van der Waals surface area (Å²) < 4.78 is 0. The lowest BCUT2D eigenvalue weighted by Gasteiger charge is -2.38. The van der Waals surface area contributed by atoms with Gasteiger partial charge < -0.3 is 30.4 Å². The van der Waals surface area contributed by atoms with Crippen LogP contribution < -0.4 is 5.32 Å². The molecule has 2 atom stereocenters. The Kier molecular flexibility index (Phi) is 8.11. The van der Waals surface area contributed by atoms with E-state index in [0.29, 0.717) is 12.1 Å². The maximum atomic E-state index is 11.2. The summed E-state index contributed by atoms with van der Waals surface area (Å²) in [7, 11) is -2.43. The second-order valence-corrected chi connectivity index (χ2v) is 15.3. The predicted molar refractivity (Wildman–Crippen MR) is 142 cm³/mol. The quantitative estimate of drug-likeness (QED) is 0.212. The van der Waals surface area contributed by atoms with E-state index in [4.69, 9.17) is 0 Å². The minimum absolute atomic E-state index is 0.0821. The number of hydrogen-bond acceptors (Lipinski definition) is 5. The highest BCUT2D eigenvalue weighted by Gasteiger charge is 2.40. The van der Waals surface area contributed by atoms with E-state index in [2.05, 4.69) is 31.1 Å². The van der Waals surface area contributed by atoms with Gasteiger partial charge in [-0.2, -0.15) is 0 Å². The van der Waals surface area contributed by atoms with Crippen LogP contribution in [0.5, 0.6) is 5.75 Å². The number of aliphatic hydroxyl groups excluding tert-OH is 1. The van der Waals surface area contributed by atoms with E-state index < -0.39 is 14.3 Å². The summed E-state index contributed by atoms with van der Waals surface area (Å²) in [6.45, 7) is 10.7. The molecule has 35 heavy (non-hydrogen) atoms. The van der Waals surface area contributed by atoms with E-state index in [1.807, 2.05) is 43.4 Å². The van der Waals surface area contributed by atoms with Crippen molar-refractivity contribution in [2.75, 3.05) is 6.54 Å². The molecule has 190 valence electrons. The molecule has 0 spiro atoms. The Morgan fingerprint density at radius 1 is 1.14 bits per heavy atom. The molecule has 8 heteroatoms. The molecule has 0 saturated carbocycles. The fourth-order valence-electron chi connectivity index (χ4n) is 4.35. The summed E-state index contributed by atoms with van der Waals surface area (Å²) >= 11 is 0. The second-order valence-electron chi connectivity index (χ2n) is 10.8. The van der Waals surface area contributed by atoms with Crippen LogP contribution in [0.25, 0.3) is 10.9 Å². The van der Waals surface area contributed by atoms with Crippen LogP contribution in [0.1, 0.15) is 60.3 Å². The first-order valence-electron chi connectivity index (χ1n) is 12.0. The minimum atomic E-state index is -2.43. The maximum absolute atomic E-state index is 11.2. The molecule has 6 N–H and O–H groups in total. The number of carbonyl (C=O) groups is 1. The molecule has 0 aliphatic rings. The molecule has 1 aromatic heterocycles. The number of rotatable bonds is 11. The number of phenols is 1. The lowest BCUT2D eigenvalue weighted by atomic mass is 9.88. The number of aromatic hydroxyl groups is 1. The first-order chi connectivity index (χ1) is 16.3. The third-order valence-electron chi connectivity index (χ3n) is 7.33. The van der Waals surface area contributed by atoms with Crippen LogP contribution in [0.3, 0.4) is 0 Å². The number of aromatic carboxylic acids is 1. The summed E-state index contributed by atoms with van der Waals surface area (Å²) in [5, 5.41) is 33.1. The molecule has 2 aromatic carbocycles. The Morgan fingerprint density at radius 2 is 1.86 bits per heavy atom. The zero-order chi connectivity index (χ0) is 26.0. The van der Waals surface area contributed by atoms with Crippen LogP contribution >= 0.6 is 0 Å². The molecular weight excluding hydrogens is 460 g/mol. The summed E-state index contributed by atoms with van der Waals surface area (Å²) in [5.41, 5.74) is 3.62. The number of aromatic nitrogens is 1. The summed E-state index contributed by atoms with van der Waals surface area (Å²) in [5.74, 6) is -0.805. The SMILES string of the molecule is C[C@H](Cc1ccc2[nH]c(C(=O)O)cc2c1)NC[C@H](CC(C)(C)[Si](C)(C)O)c1ccc(O)c(CO)c1. The first-order valence-corrected chi connectivity index (χ1v) is 15.0. The molecule has 3 rings (SSSR count). The highest BCUT2D eigenvalue weighted by molar-refractivity contribution is 6.72. The van der Waals surface area contributed by atoms with Gasteiger partial charge in [0.15, 0.2) is 8.32 Å². The maximum Gasteiger partial charge on any atom is 0.352 e. The van der Waals surface area contributed by atoms with Crippen LogP contribution in [-0.4, -0.2) is 52.0 Å². The average molecular weight is 499 g/mol. The number of nitrogens with one attached hydrogen (secondary N) is 2. The third kappa shape index (κ3) is 6.52. The lowest BCUT2D eigenvalue weighted by molar-refractivity contribution is 0.0691. The fourth-order valence-corrected chi connectivity index (χ4v) is 5.10. The Hall–Kier alpha value is -2.65. The van der Waals surface area contributed by atoms with E-state index >= 15 is 0 Å². The molecule has 3 aromatic rings. The zero-order valence-corrected chi connectivity index (χ0v) is 22.2. The largest absolute Gasteiger partial charge is 0.508 e. The zero-order valence-electron chi connectivity index (χ0n) is 21.2. The van der Waals surface area contributed by atoms with Gasteiger partial charge in [0, 0.05) is 29.1 Å². The number of carboxylic acids is 1. The van der Waals surface area contributed by atoms with E-state index in [-0.39, 0.29) is 35.0 Å².